The van der Waals surface area contributed by atoms with E-state index in [0.717, 1.165) is 0 Å². The largest absolute Gasteiger partial charge is 1.00 e. The van der Waals surface area contributed by atoms with E-state index in [9.17, 15) is 0 Å². The molecule has 4 aromatic rings. The van der Waals surface area contributed by atoms with Crippen LogP contribution < -0.4 is 35.2 Å². The molecule has 0 N–H and O–H groups in total. The van der Waals surface area contributed by atoms with Crippen molar-refractivity contribution in [1.82, 2.24) is 0 Å². The predicted octanol–water partition coefficient (Wildman–Crippen LogP) is 0.735. The van der Waals surface area contributed by atoms with Crippen LogP contribution in [0.5, 0.6) is 0 Å². The van der Waals surface area contributed by atoms with E-state index in [2.05, 4.69) is 135 Å². The van der Waals surface area contributed by atoms with Crippen LogP contribution in [0.3, 0.4) is 0 Å². The topological polar surface area (TPSA) is 0 Å². The van der Waals surface area contributed by atoms with Gasteiger partial charge in [0.15, 0.2) is 0 Å². The Bertz CT molecular complexity index is 1360. The fourth-order valence-corrected chi connectivity index (χ4v) is 41.5. The van der Waals surface area contributed by atoms with Gasteiger partial charge in [0.25, 0.3) is 0 Å². The van der Waals surface area contributed by atoms with Crippen LogP contribution in [0, 0.1) is 0 Å². The molecule has 178 valence electrons. The summed E-state index contributed by atoms with van der Waals surface area (Å²) >= 11 is -2.60. The van der Waals surface area contributed by atoms with Crippen molar-refractivity contribution in [3.8, 4) is 0 Å². The zero-order valence-electron chi connectivity index (χ0n) is 20.5. The first-order valence-electron chi connectivity index (χ1n) is 12.1. The molecule has 0 nitrogen and oxygen atoms in total. The monoisotopic (exact) mass is 690 g/mol. The summed E-state index contributed by atoms with van der Waals surface area (Å²) in [5, 5.41) is 3.19. The molecule has 0 heterocycles. The van der Waals surface area contributed by atoms with E-state index in [0.29, 0.717) is 7.35 Å². The number of benzene rings is 4. The van der Waals surface area contributed by atoms with Crippen LogP contribution in [0.1, 0.15) is 43.5 Å². The molecule has 0 spiro atoms. The van der Waals surface area contributed by atoms with Crippen LogP contribution in [0.15, 0.2) is 120 Å². The minimum atomic E-state index is -2.60. The van der Waals surface area contributed by atoms with Crippen molar-refractivity contribution in [1.29, 1.82) is 0 Å². The van der Waals surface area contributed by atoms with Crippen molar-refractivity contribution in [2.75, 3.05) is 0 Å². The molecule has 0 amide bonds. The Morgan fingerprint density at radius 1 is 0.500 bits per heavy atom. The number of fused-ring (bicyclic) bond motifs is 2. The van der Waals surface area contributed by atoms with E-state index in [1.165, 1.54) is 11.1 Å². The standard InChI is InChI=1S/C12H10Si.2C10H9.2ClH.Hf/c1-3-7-11(8-4-1)13-12-9-5-2-6-10-12;2*1-8-6-9-4-2-3-5-10(9)7-8;;;/h1-10H;2*2-7H,1H3;2*1H;/q;;;;;+2/p-2. The maximum atomic E-state index is 2.49. The summed E-state index contributed by atoms with van der Waals surface area (Å²) in [5.41, 5.74) is 8.34. The molecule has 0 saturated heterocycles. The molecular weight excluding hydrogens is 662 g/mol. The van der Waals surface area contributed by atoms with Gasteiger partial charge in [-0.3, -0.25) is 0 Å². The Kier molecular flexibility index (Phi) is 8.73. The molecule has 0 aliphatic heterocycles. The average Bonchev–Trinajstić information content (AvgIpc) is 3.39. The van der Waals surface area contributed by atoms with Crippen molar-refractivity contribution in [3.05, 3.63) is 143 Å². The van der Waals surface area contributed by atoms with Crippen molar-refractivity contribution >= 4 is 28.0 Å². The minimum Gasteiger partial charge on any atom is -1.00 e. The summed E-state index contributed by atoms with van der Waals surface area (Å²) in [5.74, 6) is 0. The minimum absolute atomic E-state index is 0. The molecular formula is C32H28Cl2HfSi. The summed E-state index contributed by atoms with van der Waals surface area (Å²) in [6.07, 6.45) is 4.97. The number of hydrogen-bond acceptors (Lipinski definition) is 0. The van der Waals surface area contributed by atoms with E-state index < -0.39 is 25.6 Å². The molecule has 2 atom stereocenters. The first-order valence-corrected chi connectivity index (χ1v) is 23.2. The van der Waals surface area contributed by atoms with Crippen LogP contribution in [-0.4, -0.2) is 5.49 Å². The second kappa shape index (κ2) is 11.6. The van der Waals surface area contributed by atoms with Gasteiger partial charge < -0.3 is 24.8 Å². The second-order valence-electron chi connectivity index (χ2n) is 9.46. The summed E-state index contributed by atoms with van der Waals surface area (Å²) < 4.78 is 1.24. The number of rotatable bonds is 4. The molecule has 4 heteroatoms. The first-order chi connectivity index (χ1) is 16.7. The fourth-order valence-electron chi connectivity index (χ4n) is 5.95. The summed E-state index contributed by atoms with van der Waals surface area (Å²) in [4.78, 5) is 0. The molecule has 2 unspecified atom stereocenters. The zero-order valence-corrected chi connectivity index (χ0v) is 26.6. The number of allylic oxidation sites excluding steroid dienone is 2. The van der Waals surface area contributed by atoms with Gasteiger partial charge in [0.05, 0.1) is 0 Å². The zero-order chi connectivity index (χ0) is 23.1. The van der Waals surface area contributed by atoms with Gasteiger partial charge in [-0.2, -0.15) is 0 Å². The van der Waals surface area contributed by atoms with Gasteiger partial charge in [-0.15, -0.1) is 0 Å². The van der Waals surface area contributed by atoms with Gasteiger partial charge in [-0.1, -0.05) is 0 Å². The molecule has 2 aliphatic rings. The molecule has 6 rings (SSSR count). The number of hydrogen-bond donors (Lipinski definition) is 0. The van der Waals surface area contributed by atoms with Gasteiger partial charge in [0, 0.05) is 0 Å². The maximum Gasteiger partial charge on any atom is -1.00 e. The third-order valence-corrected chi connectivity index (χ3v) is 36.9. The molecule has 36 heavy (non-hydrogen) atoms. The Morgan fingerprint density at radius 2 is 0.861 bits per heavy atom. The van der Waals surface area contributed by atoms with E-state index in [1.807, 2.05) is 0 Å². The fraction of sp³-hybridized carbons (Fsp3) is 0.125. The first kappa shape index (κ1) is 27.1. The molecule has 0 saturated carbocycles. The quantitative estimate of drug-likeness (QED) is 0.278. The Morgan fingerprint density at radius 3 is 1.28 bits per heavy atom. The van der Waals surface area contributed by atoms with Gasteiger partial charge >= 0.3 is 212 Å². The van der Waals surface area contributed by atoms with Crippen LogP contribution >= 0.6 is 0 Å². The van der Waals surface area contributed by atoms with E-state index >= 15 is 0 Å². The van der Waals surface area contributed by atoms with Crippen LogP contribution in [0.25, 0.3) is 12.2 Å². The third-order valence-electron chi connectivity index (χ3n) is 7.33. The van der Waals surface area contributed by atoms with Crippen molar-refractivity contribution in [2.24, 2.45) is 0 Å². The third kappa shape index (κ3) is 4.81. The second-order valence-corrected chi connectivity index (χ2v) is 28.9. The van der Waals surface area contributed by atoms with Gasteiger partial charge in [-0.25, -0.2) is 0 Å². The molecule has 0 bridgehead atoms. The smallest absolute Gasteiger partial charge is 1.00 e. The Balaban J connectivity index is 0.00000152. The maximum absolute atomic E-state index is 2.60. The SMILES string of the molecule is CC1=Cc2ccccc2[CH]1[Hf+2]([CH]1C(C)=Cc2ccccc21)=[Si](c1ccccc1)c1ccccc1.[Cl-].[Cl-]. The van der Waals surface area contributed by atoms with Crippen LogP contribution in [0.4, 0.5) is 0 Å². The molecule has 2 aliphatic carbocycles. The van der Waals surface area contributed by atoms with Crippen molar-refractivity contribution in [2.45, 2.75) is 21.2 Å². The van der Waals surface area contributed by atoms with Gasteiger partial charge in [0.1, 0.15) is 0 Å². The van der Waals surface area contributed by atoms with E-state index in [1.54, 1.807) is 32.6 Å². The molecule has 4 aromatic carbocycles. The summed E-state index contributed by atoms with van der Waals surface area (Å²) in [7, 11) is 0. The van der Waals surface area contributed by atoms with Crippen molar-refractivity contribution in [3.63, 3.8) is 0 Å². The van der Waals surface area contributed by atoms with E-state index in [-0.39, 0.29) is 24.8 Å². The molecule has 0 radical (unpaired) electrons. The molecule has 0 aromatic heterocycles. The predicted molar refractivity (Wildman–Crippen MR) is 144 cm³/mol. The summed E-state index contributed by atoms with van der Waals surface area (Å²) in [6, 6.07) is 41.5. The van der Waals surface area contributed by atoms with Crippen molar-refractivity contribution < 1.29 is 44.9 Å². The van der Waals surface area contributed by atoms with Crippen LogP contribution in [0.2, 0.25) is 0 Å². The molecule has 0 fully saturated rings. The Hall–Kier alpha value is -1.97. The number of halogens is 2. The van der Waals surface area contributed by atoms with Gasteiger partial charge in [0.2, 0.25) is 0 Å². The van der Waals surface area contributed by atoms with E-state index in [4.69, 9.17) is 0 Å². The normalized spacial score (nSPS) is 16.8. The van der Waals surface area contributed by atoms with Crippen LogP contribution in [-0.2, 0) is 20.1 Å². The summed E-state index contributed by atoms with van der Waals surface area (Å²) in [6.45, 7) is 4.81. The van der Waals surface area contributed by atoms with Gasteiger partial charge in [-0.05, 0) is 0 Å². The Labute approximate surface area is 235 Å². The average molecular weight is 690 g/mol.